The number of likely N-dealkylation sites (tertiary alicyclic amines) is 1. The van der Waals surface area contributed by atoms with Gasteiger partial charge in [-0.15, -0.1) is 0 Å². The van der Waals surface area contributed by atoms with Crippen molar-refractivity contribution >= 4 is 32.7 Å². The third-order valence-corrected chi connectivity index (χ3v) is 8.01. The zero-order valence-electron chi connectivity index (χ0n) is 20.6. The van der Waals surface area contributed by atoms with Crippen LogP contribution in [0.2, 0.25) is 0 Å². The Labute approximate surface area is 208 Å². The predicted molar refractivity (Wildman–Crippen MR) is 139 cm³/mol. The molecule has 1 heterocycles. The number of piperidine rings is 1. The molecule has 0 aromatic heterocycles. The molecule has 1 saturated heterocycles. The lowest BCUT2D eigenvalue weighted by atomic mass is 9.94. The second-order valence-electron chi connectivity index (χ2n) is 8.84. The van der Waals surface area contributed by atoms with Crippen LogP contribution >= 0.6 is 0 Å². The lowest BCUT2D eigenvalue weighted by Gasteiger charge is -2.34. The molecule has 10 heteroatoms. The van der Waals surface area contributed by atoms with Gasteiger partial charge in [0.25, 0.3) is 0 Å². The van der Waals surface area contributed by atoms with Crippen LogP contribution in [0.5, 0.6) is 5.75 Å². The molecule has 192 valence electrons. The summed E-state index contributed by atoms with van der Waals surface area (Å²) in [4.78, 5) is 19.3. The van der Waals surface area contributed by atoms with Crippen LogP contribution in [0, 0.1) is 5.92 Å². The zero-order valence-corrected chi connectivity index (χ0v) is 21.4. The number of nitrogens with two attached hydrogens (primary N) is 2. The maximum absolute atomic E-state index is 13.6. The van der Waals surface area contributed by atoms with Crippen LogP contribution in [0.15, 0.2) is 46.3 Å². The largest absolute Gasteiger partial charge is 0.493 e. The highest BCUT2D eigenvalue weighted by atomic mass is 32.2. The summed E-state index contributed by atoms with van der Waals surface area (Å²) in [6.07, 6.45) is 3.70. The lowest BCUT2D eigenvalue weighted by Crippen LogP contribution is -2.50. The zero-order chi connectivity index (χ0) is 25.4. The van der Waals surface area contributed by atoms with E-state index in [1.165, 1.54) is 0 Å². The Kier molecular flexibility index (Phi) is 9.33. The van der Waals surface area contributed by atoms with Crippen LogP contribution in [0.3, 0.4) is 0 Å². The van der Waals surface area contributed by atoms with Crippen molar-refractivity contribution in [1.82, 2.24) is 9.62 Å². The third-order valence-electron chi connectivity index (χ3n) is 6.48. The number of carbonyl (C=O) groups is 1. The Morgan fingerprint density at radius 3 is 2.49 bits per heavy atom. The van der Waals surface area contributed by atoms with Gasteiger partial charge in [0.05, 0.1) is 11.5 Å². The number of guanidine groups is 1. The van der Waals surface area contributed by atoms with Crippen molar-refractivity contribution in [3.05, 3.63) is 36.4 Å². The first-order valence-corrected chi connectivity index (χ1v) is 13.8. The number of hydrogen-bond acceptors (Lipinski definition) is 5. The summed E-state index contributed by atoms with van der Waals surface area (Å²) in [6.45, 7) is 6.09. The SMILES string of the molecule is CCOc1cccc2c(S(=O)(=O)NC(CCCN=C(N)N)C(=O)N3CCC(CC)CC3)cccc12. The minimum atomic E-state index is -4.01. The molecule has 3 rings (SSSR count). The van der Waals surface area contributed by atoms with E-state index in [2.05, 4.69) is 16.6 Å². The third kappa shape index (κ3) is 6.85. The number of nitrogens with zero attached hydrogens (tertiary/aromatic N) is 2. The van der Waals surface area contributed by atoms with E-state index in [4.69, 9.17) is 16.2 Å². The van der Waals surface area contributed by atoms with Gasteiger partial charge in [0.1, 0.15) is 11.8 Å². The van der Waals surface area contributed by atoms with E-state index < -0.39 is 16.1 Å². The van der Waals surface area contributed by atoms with Gasteiger partial charge in [-0.05, 0) is 50.7 Å². The molecule has 0 spiro atoms. The highest BCUT2D eigenvalue weighted by Crippen LogP contribution is 2.30. The molecule has 1 aliphatic heterocycles. The second kappa shape index (κ2) is 12.2. The summed E-state index contributed by atoms with van der Waals surface area (Å²) in [7, 11) is -4.01. The number of aliphatic imine (C=N–C) groups is 1. The van der Waals surface area contributed by atoms with E-state index in [-0.39, 0.29) is 23.2 Å². The molecule has 35 heavy (non-hydrogen) atoms. The van der Waals surface area contributed by atoms with E-state index in [9.17, 15) is 13.2 Å². The van der Waals surface area contributed by atoms with Gasteiger partial charge in [0, 0.05) is 30.4 Å². The number of benzene rings is 2. The number of carbonyl (C=O) groups excluding carboxylic acids is 1. The molecule has 1 atom stereocenters. The molecule has 0 radical (unpaired) electrons. The van der Waals surface area contributed by atoms with Gasteiger partial charge < -0.3 is 21.1 Å². The highest BCUT2D eigenvalue weighted by molar-refractivity contribution is 7.89. The summed E-state index contributed by atoms with van der Waals surface area (Å²) in [5.74, 6) is 0.982. The molecule has 2 aromatic carbocycles. The van der Waals surface area contributed by atoms with Gasteiger partial charge in [-0.2, -0.15) is 4.72 Å². The number of rotatable bonds is 11. The van der Waals surface area contributed by atoms with Gasteiger partial charge >= 0.3 is 0 Å². The van der Waals surface area contributed by atoms with Crippen LogP contribution in [0.1, 0.15) is 46.0 Å². The van der Waals surface area contributed by atoms with Crippen LogP contribution < -0.4 is 20.9 Å². The van der Waals surface area contributed by atoms with Gasteiger partial charge in [-0.1, -0.05) is 37.6 Å². The van der Waals surface area contributed by atoms with Crippen LogP contribution in [-0.4, -0.2) is 57.5 Å². The van der Waals surface area contributed by atoms with Crippen molar-refractivity contribution in [3.63, 3.8) is 0 Å². The molecule has 1 fully saturated rings. The monoisotopic (exact) mass is 503 g/mol. The van der Waals surface area contributed by atoms with E-state index in [1.807, 2.05) is 19.1 Å². The maximum atomic E-state index is 13.6. The fraction of sp³-hybridized carbons (Fsp3) is 0.520. The molecule has 1 unspecified atom stereocenters. The van der Waals surface area contributed by atoms with Crippen LogP contribution in [-0.2, 0) is 14.8 Å². The first-order valence-electron chi connectivity index (χ1n) is 12.3. The van der Waals surface area contributed by atoms with E-state index in [0.717, 1.165) is 19.3 Å². The van der Waals surface area contributed by atoms with Crippen molar-refractivity contribution in [2.24, 2.45) is 22.4 Å². The van der Waals surface area contributed by atoms with Crippen LogP contribution in [0.4, 0.5) is 0 Å². The van der Waals surface area contributed by atoms with Gasteiger partial charge in [0.2, 0.25) is 15.9 Å². The summed E-state index contributed by atoms with van der Waals surface area (Å²) in [6, 6.07) is 9.48. The molecule has 0 bridgehead atoms. The standard InChI is InChI=1S/C25H37N5O4S/c1-3-18-13-16-30(17-14-18)24(31)21(10-7-15-28-25(26)27)29-35(32,33)23-12-6-8-19-20(23)9-5-11-22(19)34-4-2/h5-6,8-9,11-12,18,21,29H,3-4,7,10,13-17H2,1-2H3,(H4,26,27,28). The smallest absolute Gasteiger partial charge is 0.241 e. The Morgan fingerprint density at radius 2 is 1.83 bits per heavy atom. The summed E-state index contributed by atoms with van der Waals surface area (Å²) in [5.41, 5.74) is 10.8. The molecule has 0 aliphatic carbocycles. The van der Waals surface area contributed by atoms with Crippen molar-refractivity contribution in [2.45, 2.75) is 56.9 Å². The minimum Gasteiger partial charge on any atom is -0.493 e. The molecular weight excluding hydrogens is 466 g/mol. The van der Waals surface area contributed by atoms with E-state index in [0.29, 0.717) is 55.1 Å². The fourth-order valence-corrected chi connectivity index (χ4v) is 5.98. The lowest BCUT2D eigenvalue weighted by molar-refractivity contribution is -0.134. The Balaban J connectivity index is 1.87. The second-order valence-corrected chi connectivity index (χ2v) is 10.5. The predicted octanol–water partition coefficient (Wildman–Crippen LogP) is 2.59. The topological polar surface area (TPSA) is 140 Å². The Morgan fingerprint density at radius 1 is 1.14 bits per heavy atom. The number of fused-ring (bicyclic) bond motifs is 1. The number of amides is 1. The van der Waals surface area contributed by atoms with Crippen molar-refractivity contribution < 1.29 is 17.9 Å². The Bertz CT molecular complexity index is 1140. The average molecular weight is 504 g/mol. The first kappa shape index (κ1) is 26.7. The summed E-state index contributed by atoms with van der Waals surface area (Å²) in [5, 5.41) is 1.25. The molecule has 1 amide bonds. The molecule has 2 aromatic rings. The molecule has 1 aliphatic rings. The van der Waals surface area contributed by atoms with Crippen LogP contribution in [0.25, 0.3) is 10.8 Å². The number of nitrogens with one attached hydrogen (secondary N) is 1. The Hall–Kier alpha value is -2.85. The number of sulfonamides is 1. The minimum absolute atomic E-state index is 0.0315. The van der Waals surface area contributed by atoms with Crippen molar-refractivity contribution in [3.8, 4) is 5.75 Å². The highest BCUT2D eigenvalue weighted by Gasteiger charge is 2.31. The number of ether oxygens (including phenoxy) is 1. The average Bonchev–Trinajstić information content (AvgIpc) is 2.85. The number of hydrogen-bond donors (Lipinski definition) is 3. The molecule has 9 nitrogen and oxygen atoms in total. The van der Waals surface area contributed by atoms with Gasteiger partial charge in [-0.25, -0.2) is 8.42 Å². The normalized spacial score (nSPS) is 15.7. The van der Waals surface area contributed by atoms with Crippen molar-refractivity contribution in [2.75, 3.05) is 26.2 Å². The molecule has 0 saturated carbocycles. The quantitative estimate of drug-likeness (QED) is 0.245. The summed E-state index contributed by atoms with van der Waals surface area (Å²) >= 11 is 0. The van der Waals surface area contributed by atoms with Gasteiger partial charge in [0.15, 0.2) is 5.96 Å². The molecular formula is C25H37N5O4S. The fourth-order valence-electron chi connectivity index (χ4n) is 4.54. The van der Waals surface area contributed by atoms with Gasteiger partial charge in [-0.3, -0.25) is 9.79 Å². The maximum Gasteiger partial charge on any atom is 0.241 e. The first-order chi connectivity index (χ1) is 16.8. The van der Waals surface area contributed by atoms with E-state index in [1.54, 1.807) is 29.2 Å². The van der Waals surface area contributed by atoms with E-state index >= 15 is 0 Å². The summed E-state index contributed by atoms with van der Waals surface area (Å²) < 4.78 is 35.5. The van der Waals surface area contributed by atoms with Crippen molar-refractivity contribution in [1.29, 1.82) is 0 Å². The molecule has 5 N–H and O–H groups in total.